The molecular weight excluding hydrogens is 166 g/mol. The van der Waals surface area contributed by atoms with Crippen molar-refractivity contribution in [3.8, 4) is 6.07 Å². The first-order valence-corrected chi connectivity index (χ1v) is 3.75. The SMILES string of the molecule is N#CC(N)c1cc2cncnn2c1. The van der Waals surface area contributed by atoms with E-state index in [1.807, 2.05) is 6.07 Å². The van der Waals surface area contributed by atoms with Gasteiger partial charge in [-0.25, -0.2) is 9.50 Å². The number of nitriles is 1. The van der Waals surface area contributed by atoms with Gasteiger partial charge in [-0.2, -0.15) is 10.4 Å². The van der Waals surface area contributed by atoms with Crippen molar-refractivity contribution in [1.82, 2.24) is 14.6 Å². The molecule has 0 aliphatic rings. The van der Waals surface area contributed by atoms with Crippen LogP contribution in [-0.2, 0) is 0 Å². The van der Waals surface area contributed by atoms with Crippen LogP contribution in [0.5, 0.6) is 0 Å². The molecule has 0 aromatic carbocycles. The van der Waals surface area contributed by atoms with Crippen LogP contribution in [0.3, 0.4) is 0 Å². The van der Waals surface area contributed by atoms with Gasteiger partial charge in [0.05, 0.1) is 17.8 Å². The summed E-state index contributed by atoms with van der Waals surface area (Å²) in [6.07, 6.45) is 4.83. The van der Waals surface area contributed by atoms with Crippen LogP contribution in [0, 0.1) is 11.3 Å². The Morgan fingerprint density at radius 2 is 2.46 bits per heavy atom. The first-order valence-electron chi connectivity index (χ1n) is 3.75. The normalized spacial score (nSPS) is 12.6. The predicted octanol–water partition coefficient (Wildman–Crippen LogP) is 0.253. The highest BCUT2D eigenvalue weighted by Crippen LogP contribution is 2.12. The number of hydrogen-bond acceptors (Lipinski definition) is 4. The summed E-state index contributed by atoms with van der Waals surface area (Å²) in [6, 6.07) is 3.16. The Morgan fingerprint density at radius 1 is 1.62 bits per heavy atom. The Balaban J connectivity index is 2.57. The lowest BCUT2D eigenvalue weighted by Gasteiger charge is -1.93. The molecule has 0 saturated carbocycles. The minimum Gasteiger partial charge on any atom is -0.312 e. The van der Waals surface area contributed by atoms with Gasteiger partial charge >= 0.3 is 0 Å². The zero-order chi connectivity index (χ0) is 9.26. The van der Waals surface area contributed by atoms with Crippen LogP contribution < -0.4 is 5.73 Å². The maximum Gasteiger partial charge on any atom is 0.136 e. The van der Waals surface area contributed by atoms with E-state index in [1.54, 1.807) is 23.0 Å². The number of nitrogens with two attached hydrogens (primary N) is 1. The third kappa shape index (κ3) is 1.23. The molecule has 64 valence electrons. The van der Waals surface area contributed by atoms with Gasteiger partial charge in [0.15, 0.2) is 0 Å². The van der Waals surface area contributed by atoms with Crippen LogP contribution in [0.2, 0.25) is 0 Å². The predicted molar refractivity (Wildman–Crippen MR) is 45.5 cm³/mol. The highest BCUT2D eigenvalue weighted by Gasteiger charge is 2.07. The molecule has 0 spiro atoms. The van der Waals surface area contributed by atoms with Crippen molar-refractivity contribution in [2.24, 2.45) is 5.73 Å². The molecule has 0 amide bonds. The molecule has 0 aliphatic carbocycles. The van der Waals surface area contributed by atoms with E-state index < -0.39 is 6.04 Å². The molecule has 2 N–H and O–H groups in total. The number of fused-ring (bicyclic) bond motifs is 1. The second kappa shape index (κ2) is 2.84. The number of aromatic nitrogens is 3. The second-order valence-corrected chi connectivity index (χ2v) is 2.66. The molecule has 2 aromatic heterocycles. The first-order chi connectivity index (χ1) is 6.31. The number of hydrogen-bond donors (Lipinski definition) is 1. The lowest BCUT2D eigenvalue weighted by atomic mass is 10.2. The van der Waals surface area contributed by atoms with Gasteiger partial charge in [0.1, 0.15) is 12.4 Å². The van der Waals surface area contributed by atoms with Crippen molar-refractivity contribution in [2.45, 2.75) is 6.04 Å². The van der Waals surface area contributed by atoms with Gasteiger partial charge in [-0.05, 0) is 6.07 Å². The molecule has 1 unspecified atom stereocenters. The lowest BCUT2D eigenvalue weighted by Crippen LogP contribution is -2.05. The van der Waals surface area contributed by atoms with Gasteiger partial charge in [-0.15, -0.1) is 0 Å². The Hall–Kier alpha value is -1.93. The number of rotatable bonds is 1. The fourth-order valence-corrected chi connectivity index (χ4v) is 1.13. The van der Waals surface area contributed by atoms with E-state index in [0.29, 0.717) is 0 Å². The molecule has 5 heteroatoms. The van der Waals surface area contributed by atoms with Crippen LogP contribution in [0.25, 0.3) is 5.52 Å². The van der Waals surface area contributed by atoms with Crippen molar-refractivity contribution < 1.29 is 0 Å². The fourth-order valence-electron chi connectivity index (χ4n) is 1.13. The summed E-state index contributed by atoms with van der Waals surface area (Å²) in [5.41, 5.74) is 7.12. The van der Waals surface area contributed by atoms with Gasteiger partial charge in [-0.1, -0.05) is 0 Å². The van der Waals surface area contributed by atoms with Crippen LogP contribution in [-0.4, -0.2) is 14.6 Å². The third-order valence-electron chi connectivity index (χ3n) is 1.80. The van der Waals surface area contributed by atoms with Crippen molar-refractivity contribution in [3.63, 3.8) is 0 Å². The largest absolute Gasteiger partial charge is 0.312 e. The Bertz CT molecular complexity index is 434. The van der Waals surface area contributed by atoms with Crippen LogP contribution in [0.4, 0.5) is 0 Å². The zero-order valence-corrected chi connectivity index (χ0v) is 6.75. The van der Waals surface area contributed by atoms with E-state index in [-0.39, 0.29) is 0 Å². The Labute approximate surface area is 74.4 Å². The molecule has 0 aliphatic heterocycles. The summed E-state index contributed by atoms with van der Waals surface area (Å²) >= 11 is 0. The molecule has 0 fully saturated rings. The van der Waals surface area contributed by atoms with Crippen LogP contribution in [0.15, 0.2) is 24.8 Å². The summed E-state index contributed by atoms with van der Waals surface area (Å²) in [7, 11) is 0. The van der Waals surface area contributed by atoms with E-state index >= 15 is 0 Å². The van der Waals surface area contributed by atoms with Crippen molar-refractivity contribution >= 4 is 5.52 Å². The van der Waals surface area contributed by atoms with E-state index in [9.17, 15) is 0 Å². The van der Waals surface area contributed by atoms with Gasteiger partial charge in [0, 0.05) is 11.8 Å². The highest BCUT2D eigenvalue weighted by atomic mass is 15.2. The molecular formula is C8H7N5. The van der Waals surface area contributed by atoms with Gasteiger partial charge in [0.25, 0.3) is 0 Å². The van der Waals surface area contributed by atoms with E-state index in [1.165, 1.54) is 6.33 Å². The average molecular weight is 173 g/mol. The van der Waals surface area contributed by atoms with Crippen LogP contribution in [0.1, 0.15) is 11.6 Å². The van der Waals surface area contributed by atoms with Gasteiger partial charge in [-0.3, -0.25) is 0 Å². The summed E-state index contributed by atoms with van der Waals surface area (Å²) in [5, 5.41) is 12.6. The van der Waals surface area contributed by atoms with E-state index in [2.05, 4.69) is 10.1 Å². The quantitative estimate of drug-likeness (QED) is 0.670. The topological polar surface area (TPSA) is 80.0 Å². The minimum absolute atomic E-state index is 0.596. The molecule has 13 heavy (non-hydrogen) atoms. The van der Waals surface area contributed by atoms with Crippen LogP contribution >= 0.6 is 0 Å². The first kappa shape index (κ1) is 7.71. The lowest BCUT2D eigenvalue weighted by molar-refractivity contribution is 0.877. The maximum absolute atomic E-state index is 8.59. The van der Waals surface area contributed by atoms with E-state index in [4.69, 9.17) is 11.0 Å². The van der Waals surface area contributed by atoms with Crippen molar-refractivity contribution in [2.75, 3.05) is 0 Å². The fraction of sp³-hybridized carbons (Fsp3) is 0.125. The molecule has 1 atom stereocenters. The average Bonchev–Trinajstić information content (AvgIpc) is 2.59. The maximum atomic E-state index is 8.59. The standard InChI is InChI=1S/C8H7N5/c9-2-8(10)6-1-7-3-11-5-12-13(7)4-6/h1,3-5,8H,10H2. The molecule has 0 radical (unpaired) electrons. The van der Waals surface area contributed by atoms with Crippen molar-refractivity contribution in [1.29, 1.82) is 5.26 Å². The highest BCUT2D eigenvalue weighted by molar-refractivity contribution is 5.48. The monoisotopic (exact) mass is 173 g/mol. The summed E-state index contributed by atoms with van der Waals surface area (Å²) in [4.78, 5) is 3.86. The molecule has 2 heterocycles. The summed E-state index contributed by atoms with van der Waals surface area (Å²) in [5.74, 6) is 0. The molecule has 0 bridgehead atoms. The minimum atomic E-state index is -0.596. The second-order valence-electron chi connectivity index (χ2n) is 2.66. The summed E-state index contributed by atoms with van der Waals surface area (Å²) in [6.45, 7) is 0. The third-order valence-corrected chi connectivity index (χ3v) is 1.80. The molecule has 5 nitrogen and oxygen atoms in total. The van der Waals surface area contributed by atoms with Gasteiger partial charge < -0.3 is 5.73 Å². The molecule has 2 rings (SSSR count). The van der Waals surface area contributed by atoms with Gasteiger partial charge in [0.2, 0.25) is 0 Å². The zero-order valence-electron chi connectivity index (χ0n) is 6.75. The Kier molecular flexibility index (Phi) is 1.69. The molecule has 2 aromatic rings. The Morgan fingerprint density at radius 3 is 3.15 bits per heavy atom. The molecule has 0 saturated heterocycles. The van der Waals surface area contributed by atoms with Crippen molar-refractivity contribution in [3.05, 3.63) is 30.4 Å². The number of nitrogens with zero attached hydrogens (tertiary/aromatic N) is 4. The van der Waals surface area contributed by atoms with E-state index in [0.717, 1.165) is 11.1 Å². The summed E-state index contributed by atoms with van der Waals surface area (Å²) < 4.78 is 1.64. The smallest absolute Gasteiger partial charge is 0.136 e.